The molecule has 1 saturated heterocycles. The highest BCUT2D eigenvalue weighted by atomic mass is 16.5. The van der Waals surface area contributed by atoms with Gasteiger partial charge in [0.1, 0.15) is 5.76 Å². The standard InChI is InChI=1S/C17H24N4O2/c1-13-3-4-17(22)21(18-13)12-15-5-8-20(9-6-15)10-7-16-11-14(2)19-23-16/h3-4,11,15H,5-10,12H2,1-2H3. The molecule has 0 amide bonds. The predicted octanol–water partition coefficient (Wildman–Crippen LogP) is 1.80. The molecule has 1 fully saturated rings. The largest absolute Gasteiger partial charge is 0.361 e. The molecule has 0 aromatic carbocycles. The summed E-state index contributed by atoms with van der Waals surface area (Å²) >= 11 is 0. The zero-order chi connectivity index (χ0) is 16.2. The fraction of sp³-hybridized carbons (Fsp3) is 0.588. The Kier molecular flexibility index (Phi) is 4.91. The van der Waals surface area contributed by atoms with Crippen LogP contribution in [0.15, 0.2) is 27.5 Å². The molecule has 3 rings (SSSR count). The first-order chi connectivity index (χ1) is 11.1. The fourth-order valence-corrected chi connectivity index (χ4v) is 3.12. The average molecular weight is 316 g/mol. The second-order valence-corrected chi connectivity index (χ2v) is 6.46. The van der Waals surface area contributed by atoms with Crippen LogP contribution < -0.4 is 5.56 Å². The maximum atomic E-state index is 11.8. The minimum absolute atomic E-state index is 0.00119. The van der Waals surface area contributed by atoms with E-state index in [-0.39, 0.29) is 5.56 Å². The lowest BCUT2D eigenvalue weighted by atomic mass is 9.96. The second-order valence-electron chi connectivity index (χ2n) is 6.46. The Labute approximate surface area is 136 Å². The number of hydrogen-bond acceptors (Lipinski definition) is 5. The van der Waals surface area contributed by atoms with Crippen molar-refractivity contribution in [3.8, 4) is 0 Å². The van der Waals surface area contributed by atoms with E-state index in [1.807, 2.05) is 19.9 Å². The Hall–Kier alpha value is -1.95. The molecule has 1 aliphatic heterocycles. The lowest BCUT2D eigenvalue weighted by Gasteiger charge is -2.31. The molecular formula is C17H24N4O2. The van der Waals surface area contributed by atoms with Gasteiger partial charge in [-0.05, 0) is 51.8 Å². The Balaban J connectivity index is 1.46. The van der Waals surface area contributed by atoms with Crippen molar-refractivity contribution in [2.75, 3.05) is 19.6 Å². The number of nitrogens with zero attached hydrogens (tertiary/aromatic N) is 4. The minimum atomic E-state index is -0.00119. The zero-order valence-corrected chi connectivity index (χ0v) is 13.9. The molecule has 1 aliphatic rings. The minimum Gasteiger partial charge on any atom is -0.361 e. The molecule has 0 bridgehead atoms. The molecule has 0 radical (unpaired) electrons. The molecule has 0 spiro atoms. The Morgan fingerprint density at radius 3 is 2.70 bits per heavy atom. The number of hydrogen-bond donors (Lipinski definition) is 0. The molecule has 0 unspecified atom stereocenters. The topological polar surface area (TPSA) is 64.2 Å². The zero-order valence-electron chi connectivity index (χ0n) is 13.9. The van der Waals surface area contributed by atoms with Crippen LogP contribution in [0.4, 0.5) is 0 Å². The highest BCUT2D eigenvalue weighted by Crippen LogP contribution is 2.18. The van der Waals surface area contributed by atoms with Gasteiger partial charge in [-0.2, -0.15) is 5.10 Å². The number of aromatic nitrogens is 3. The molecule has 0 N–H and O–H groups in total. The lowest BCUT2D eigenvalue weighted by molar-refractivity contribution is 0.168. The highest BCUT2D eigenvalue weighted by Gasteiger charge is 2.20. The molecule has 0 atom stereocenters. The van der Waals surface area contributed by atoms with Crippen molar-refractivity contribution in [1.82, 2.24) is 19.8 Å². The average Bonchev–Trinajstić information content (AvgIpc) is 2.96. The molecule has 6 nitrogen and oxygen atoms in total. The first-order valence-electron chi connectivity index (χ1n) is 8.29. The number of piperidine rings is 1. The molecule has 23 heavy (non-hydrogen) atoms. The molecular weight excluding hydrogens is 292 g/mol. The summed E-state index contributed by atoms with van der Waals surface area (Å²) in [5.41, 5.74) is 1.83. The van der Waals surface area contributed by atoms with Crippen molar-refractivity contribution >= 4 is 0 Å². The van der Waals surface area contributed by atoms with Gasteiger partial charge < -0.3 is 9.42 Å². The van der Waals surface area contributed by atoms with Crippen LogP contribution in [0.5, 0.6) is 0 Å². The third-order valence-electron chi connectivity index (χ3n) is 4.49. The van der Waals surface area contributed by atoms with E-state index >= 15 is 0 Å². The Morgan fingerprint density at radius 2 is 2.00 bits per heavy atom. The predicted molar refractivity (Wildman–Crippen MR) is 87.3 cm³/mol. The summed E-state index contributed by atoms with van der Waals surface area (Å²) in [6.45, 7) is 7.74. The van der Waals surface area contributed by atoms with E-state index in [9.17, 15) is 4.79 Å². The summed E-state index contributed by atoms with van der Waals surface area (Å²) in [6, 6.07) is 5.38. The van der Waals surface area contributed by atoms with Crippen LogP contribution >= 0.6 is 0 Å². The number of aryl methyl sites for hydroxylation is 2. The van der Waals surface area contributed by atoms with Gasteiger partial charge in [0.15, 0.2) is 0 Å². The van der Waals surface area contributed by atoms with Gasteiger partial charge in [0.05, 0.1) is 11.4 Å². The number of rotatable bonds is 5. The first kappa shape index (κ1) is 15.9. The summed E-state index contributed by atoms with van der Waals surface area (Å²) < 4.78 is 6.87. The summed E-state index contributed by atoms with van der Waals surface area (Å²) in [4.78, 5) is 14.3. The van der Waals surface area contributed by atoms with E-state index in [0.717, 1.165) is 62.6 Å². The van der Waals surface area contributed by atoms with Crippen LogP contribution in [-0.4, -0.2) is 39.5 Å². The van der Waals surface area contributed by atoms with Gasteiger partial charge in [-0.3, -0.25) is 4.79 Å². The van der Waals surface area contributed by atoms with E-state index in [1.54, 1.807) is 16.8 Å². The lowest BCUT2D eigenvalue weighted by Crippen LogP contribution is -2.37. The van der Waals surface area contributed by atoms with E-state index in [1.165, 1.54) is 0 Å². The summed E-state index contributed by atoms with van der Waals surface area (Å²) in [7, 11) is 0. The second kappa shape index (κ2) is 7.08. The van der Waals surface area contributed by atoms with Crippen LogP contribution in [0.1, 0.15) is 30.0 Å². The molecule has 6 heteroatoms. The summed E-state index contributed by atoms with van der Waals surface area (Å²) in [6.07, 6.45) is 3.12. The molecule has 2 aromatic rings. The van der Waals surface area contributed by atoms with Gasteiger partial charge in [0.25, 0.3) is 5.56 Å². The first-order valence-corrected chi connectivity index (χ1v) is 8.29. The smallest absolute Gasteiger partial charge is 0.266 e. The third kappa shape index (κ3) is 4.28. The quantitative estimate of drug-likeness (QED) is 0.841. The molecule has 3 heterocycles. The van der Waals surface area contributed by atoms with E-state index in [0.29, 0.717) is 5.92 Å². The van der Waals surface area contributed by atoms with Gasteiger partial charge in [0, 0.05) is 31.6 Å². The third-order valence-corrected chi connectivity index (χ3v) is 4.49. The van der Waals surface area contributed by atoms with E-state index < -0.39 is 0 Å². The van der Waals surface area contributed by atoms with Crippen LogP contribution in [0.3, 0.4) is 0 Å². The fourth-order valence-electron chi connectivity index (χ4n) is 3.12. The van der Waals surface area contributed by atoms with Gasteiger partial charge in [0.2, 0.25) is 0 Å². The van der Waals surface area contributed by atoms with Gasteiger partial charge in [-0.25, -0.2) is 4.68 Å². The monoisotopic (exact) mass is 316 g/mol. The van der Waals surface area contributed by atoms with E-state index in [4.69, 9.17) is 4.52 Å². The van der Waals surface area contributed by atoms with Crippen LogP contribution in [0, 0.1) is 19.8 Å². The molecule has 124 valence electrons. The summed E-state index contributed by atoms with van der Waals surface area (Å²) in [5, 5.41) is 8.26. The maximum absolute atomic E-state index is 11.8. The van der Waals surface area contributed by atoms with Gasteiger partial charge in [-0.1, -0.05) is 5.16 Å². The molecule has 0 saturated carbocycles. The molecule has 0 aliphatic carbocycles. The van der Waals surface area contributed by atoms with Crippen molar-refractivity contribution in [2.24, 2.45) is 5.92 Å². The molecule has 2 aromatic heterocycles. The Morgan fingerprint density at radius 1 is 1.22 bits per heavy atom. The highest BCUT2D eigenvalue weighted by molar-refractivity contribution is 5.03. The van der Waals surface area contributed by atoms with Crippen molar-refractivity contribution in [1.29, 1.82) is 0 Å². The number of likely N-dealkylation sites (tertiary alicyclic amines) is 1. The van der Waals surface area contributed by atoms with Crippen molar-refractivity contribution in [3.05, 3.63) is 45.7 Å². The maximum Gasteiger partial charge on any atom is 0.266 e. The SMILES string of the molecule is Cc1cc(CCN2CCC(Cn3nc(C)ccc3=O)CC2)on1. The van der Waals surface area contributed by atoms with Gasteiger partial charge >= 0.3 is 0 Å². The van der Waals surface area contributed by atoms with Crippen molar-refractivity contribution in [2.45, 2.75) is 39.7 Å². The van der Waals surface area contributed by atoms with E-state index in [2.05, 4.69) is 15.2 Å². The van der Waals surface area contributed by atoms with Crippen LogP contribution in [0.25, 0.3) is 0 Å². The van der Waals surface area contributed by atoms with Gasteiger partial charge in [-0.15, -0.1) is 0 Å². The van der Waals surface area contributed by atoms with Crippen molar-refractivity contribution < 1.29 is 4.52 Å². The normalized spacial score (nSPS) is 16.8. The van der Waals surface area contributed by atoms with Crippen LogP contribution in [-0.2, 0) is 13.0 Å². The summed E-state index contributed by atoms with van der Waals surface area (Å²) in [5.74, 6) is 1.49. The van der Waals surface area contributed by atoms with Crippen molar-refractivity contribution in [3.63, 3.8) is 0 Å². The Bertz CT molecular complexity index is 699. The van der Waals surface area contributed by atoms with Crippen LogP contribution in [0.2, 0.25) is 0 Å².